The predicted molar refractivity (Wildman–Crippen MR) is 98.5 cm³/mol. The molecule has 1 aromatic carbocycles. The van der Waals surface area contributed by atoms with Gasteiger partial charge in [-0.3, -0.25) is 4.79 Å². The number of nitrogens with one attached hydrogen (secondary N) is 2. The number of carbonyl (C=O) groups is 1. The summed E-state index contributed by atoms with van der Waals surface area (Å²) in [6.07, 6.45) is 1.84. The monoisotopic (exact) mass is 349 g/mol. The average Bonchev–Trinajstić information content (AvgIpc) is 2.88. The van der Waals surface area contributed by atoms with Crippen molar-refractivity contribution in [1.82, 2.24) is 0 Å². The van der Waals surface area contributed by atoms with Crippen molar-refractivity contribution >= 4 is 34.5 Å². The van der Waals surface area contributed by atoms with Crippen molar-refractivity contribution in [1.29, 1.82) is 0 Å². The lowest BCUT2D eigenvalue weighted by Crippen LogP contribution is -3.11. The summed E-state index contributed by atoms with van der Waals surface area (Å²) in [7, 11) is 0. The van der Waals surface area contributed by atoms with Crippen LogP contribution in [0.2, 0.25) is 4.34 Å². The summed E-state index contributed by atoms with van der Waals surface area (Å²) < 4.78 is 0.776. The van der Waals surface area contributed by atoms with E-state index < -0.39 is 0 Å². The van der Waals surface area contributed by atoms with E-state index in [4.69, 9.17) is 11.6 Å². The number of anilines is 1. The van der Waals surface area contributed by atoms with Crippen molar-refractivity contribution in [3.05, 3.63) is 63.3 Å². The Kier molecular flexibility index (Phi) is 6.39. The maximum Gasteiger partial charge on any atom is 0.279 e. The molecule has 2 rings (SSSR count). The van der Waals surface area contributed by atoms with Crippen LogP contribution in [0.1, 0.15) is 16.0 Å². The zero-order chi connectivity index (χ0) is 16.8. The number of thiophene rings is 1. The Morgan fingerprint density at radius 3 is 2.57 bits per heavy atom. The predicted octanol–water partition coefficient (Wildman–Crippen LogP) is 3.23. The lowest BCUT2D eigenvalue weighted by atomic mass is 10.1. The number of para-hydroxylation sites is 1. The van der Waals surface area contributed by atoms with Crippen LogP contribution in [0.25, 0.3) is 0 Å². The molecule has 1 heterocycles. The smallest absolute Gasteiger partial charge is 0.279 e. The molecule has 0 fully saturated rings. The van der Waals surface area contributed by atoms with Crippen molar-refractivity contribution in [3.8, 4) is 0 Å². The average molecular weight is 350 g/mol. The van der Waals surface area contributed by atoms with Crippen LogP contribution in [0.3, 0.4) is 0 Å². The molecule has 122 valence electrons. The molecule has 23 heavy (non-hydrogen) atoms. The van der Waals surface area contributed by atoms with Gasteiger partial charge in [-0.25, -0.2) is 0 Å². The van der Waals surface area contributed by atoms with Crippen molar-refractivity contribution in [2.24, 2.45) is 0 Å². The van der Waals surface area contributed by atoms with E-state index in [0.29, 0.717) is 6.54 Å². The molecule has 0 saturated heterocycles. The third kappa shape index (κ3) is 5.20. The van der Waals surface area contributed by atoms with Crippen molar-refractivity contribution < 1.29 is 9.69 Å². The largest absolute Gasteiger partial charge is 0.321 e. The zero-order valence-corrected chi connectivity index (χ0v) is 15.1. The number of carbonyl (C=O) groups excluding carboxylic acids is 1. The van der Waals surface area contributed by atoms with Gasteiger partial charge in [0.2, 0.25) is 0 Å². The quantitative estimate of drug-likeness (QED) is 0.739. The summed E-state index contributed by atoms with van der Waals surface area (Å²) in [6, 6.07) is 9.91. The van der Waals surface area contributed by atoms with Gasteiger partial charge in [0.25, 0.3) is 5.91 Å². The molecule has 1 aromatic heterocycles. The Bertz CT molecular complexity index is 676. The van der Waals surface area contributed by atoms with Gasteiger partial charge in [-0.1, -0.05) is 36.4 Å². The lowest BCUT2D eigenvalue weighted by Gasteiger charge is -2.18. The second-order valence-electron chi connectivity index (χ2n) is 5.62. The van der Waals surface area contributed by atoms with Crippen LogP contribution in [0, 0.1) is 13.8 Å². The minimum absolute atomic E-state index is 0.0157. The maximum atomic E-state index is 12.4. The number of benzene rings is 1. The number of aryl methyl sites for hydroxylation is 2. The summed E-state index contributed by atoms with van der Waals surface area (Å²) in [5, 5.41) is 3.04. The Morgan fingerprint density at radius 2 is 2.00 bits per heavy atom. The first-order valence-electron chi connectivity index (χ1n) is 7.54. The highest BCUT2D eigenvalue weighted by Crippen LogP contribution is 2.20. The molecule has 1 amide bonds. The molecule has 2 aromatic rings. The van der Waals surface area contributed by atoms with Crippen molar-refractivity contribution in [3.63, 3.8) is 0 Å². The van der Waals surface area contributed by atoms with Crippen LogP contribution in [0.15, 0.2) is 43.0 Å². The number of hydrogen-bond acceptors (Lipinski definition) is 2. The minimum Gasteiger partial charge on any atom is -0.321 e. The number of quaternary nitrogens is 1. The molecule has 0 aliphatic heterocycles. The number of amides is 1. The summed E-state index contributed by atoms with van der Waals surface area (Å²) in [6.45, 7) is 9.70. The molecule has 0 bridgehead atoms. The summed E-state index contributed by atoms with van der Waals surface area (Å²) in [5.74, 6) is 0.0157. The lowest BCUT2D eigenvalue weighted by molar-refractivity contribution is -0.899. The van der Waals surface area contributed by atoms with Crippen LogP contribution in [0.4, 0.5) is 5.69 Å². The highest BCUT2D eigenvalue weighted by atomic mass is 35.5. The fraction of sp³-hybridized carbons (Fsp3) is 0.278. The SMILES string of the molecule is C=CC[NH+](CC(=O)Nc1c(C)cccc1C)Cc1ccc(Cl)s1. The highest BCUT2D eigenvalue weighted by Gasteiger charge is 2.16. The van der Waals surface area contributed by atoms with Gasteiger partial charge in [0.15, 0.2) is 6.54 Å². The van der Waals surface area contributed by atoms with Gasteiger partial charge in [0.1, 0.15) is 6.54 Å². The molecule has 1 unspecified atom stereocenters. The zero-order valence-electron chi connectivity index (χ0n) is 13.5. The van der Waals surface area contributed by atoms with E-state index in [1.807, 2.05) is 50.3 Å². The molecule has 0 aliphatic carbocycles. The van der Waals surface area contributed by atoms with Crippen LogP contribution in [0.5, 0.6) is 0 Å². The standard InChI is InChI=1S/C18H21ClN2OS/c1-4-10-21(11-15-8-9-16(19)23-15)12-17(22)20-18-13(2)6-5-7-14(18)3/h4-9H,1,10-12H2,2-3H3,(H,20,22)/p+1. The third-order valence-corrected chi connectivity index (χ3v) is 4.87. The first-order valence-corrected chi connectivity index (χ1v) is 8.73. The van der Waals surface area contributed by atoms with Gasteiger partial charge in [0.05, 0.1) is 15.8 Å². The molecular formula is C18H22ClN2OS+. The van der Waals surface area contributed by atoms with E-state index in [1.165, 1.54) is 4.88 Å². The highest BCUT2D eigenvalue weighted by molar-refractivity contribution is 7.16. The van der Waals surface area contributed by atoms with E-state index in [-0.39, 0.29) is 5.91 Å². The van der Waals surface area contributed by atoms with Crippen LogP contribution < -0.4 is 10.2 Å². The van der Waals surface area contributed by atoms with Gasteiger partial charge in [-0.2, -0.15) is 0 Å². The Balaban J connectivity index is 2.01. The first kappa shape index (κ1) is 17.7. The van der Waals surface area contributed by atoms with Gasteiger partial charge < -0.3 is 10.2 Å². The summed E-state index contributed by atoms with van der Waals surface area (Å²) >= 11 is 7.54. The van der Waals surface area contributed by atoms with Crippen LogP contribution in [-0.2, 0) is 11.3 Å². The summed E-state index contributed by atoms with van der Waals surface area (Å²) in [4.78, 5) is 14.7. The van der Waals surface area contributed by atoms with Crippen LogP contribution >= 0.6 is 22.9 Å². The van der Waals surface area contributed by atoms with E-state index in [2.05, 4.69) is 11.9 Å². The molecule has 0 saturated carbocycles. The minimum atomic E-state index is 0.0157. The molecule has 3 nitrogen and oxygen atoms in total. The number of halogens is 1. The molecule has 0 radical (unpaired) electrons. The molecular weight excluding hydrogens is 328 g/mol. The topological polar surface area (TPSA) is 33.5 Å². The molecule has 1 atom stereocenters. The Labute approximate surface area is 146 Å². The molecule has 2 N–H and O–H groups in total. The molecule has 0 spiro atoms. The fourth-order valence-electron chi connectivity index (χ4n) is 2.53. The number of hydrogen-bond donors (Lipinski definition) is 2. The fourth-order valence-corrected chi connectivity index (χ4v) is 3.69. The molecule has 5 heteroatoms. The van der Waals surface area contributed by atoms with E-state index in [1.54, 1.807) is 11.3 Å². The van der Waals surface area contributed by atoms with Crippen LogP contribution in [-0.4, -0.2) is 19.0 Å². The first-order chi connectivity index (χ1) is 11.0. The Morgan fingerprint density at radius 1 is 1.30 bits per heavy atom. The van der Waals surface area contributed by atoms with Gasteiger partial charge in [-0.05, 0) is 43.2 Å². The Hall–Kier alpha value is -1.62. The molecule has 0 aliphatic rings. The number of rotatable bonds is 7. The normalized spacial score (nSPS) is 12.0. The van der Waals surface area contributed by atoms with Gasteiger partial charge >= 0.3 is 0 Å². The van der Waals surface area contributed by atoms with E-state index in [0.717, 1.165) is 39.1 Å². The van der Waals surface area contributed by atoms with Crippen molar-refractivity contribution in [2.45, 2.75) is 20.4 Å². The van der Waals surface area contributed by atoms with Gasteiger partial charge in [0, 0.05) is 5.69 Å². The van der Waals surface area contributed by atoms with E-state index in [9.17, 15) is 4.79 Å². The van der Waals surface area contributed by atoms with Crippen molar-refractivity contribution in [2.75, 3.05) is 18.4 Å². The third-order valence-electron chi connectivity index (χ3n) is 3.64. The second-order valence-corrected chi connectivity index (χ2v) is 7.42. The summed E-state index contributed by atoms with van der Waals surface area (Å²) in [5.41, 5.74) is 3.07. The van der Waals surface area contributed by atoms with Gasteiger partial charge in [-0.15, -0.1) is 11.3 Å². The maximum absolute atomic E-state index is 12.4. The second kappa shape index (κ2) is 8.29. The van der Waals surface area contributed by atoms with E-state index >= 15 is 0 Å².